The SMILES string of the molecule is Cc1cc(C#N)ccc1Cn1ccc(CC(C)N)c1. The third kappa shape index (κ3) is 3.46. The summed E-state index contributed by atoms with van der Waals surface area (Å²) in [6.45, 7) is 4.89. The van der Waals surface area contributed by atoms with Gasteiger partial charge >= 0.3 is 0 Å². The van der Waals surface area contributed by atoms with Gasteiger partial charge in [0, 0.05) is 25.0 Å². The smallest absolute Gasteiger partial charge is 0.0991 e. The van der Waals surface area contributed by atoms with Crippen molar-refractivity contribution in [2.45, 2.75) is 32.9 Å². The molecular formula is C16H19N3. The average Bonchev–Trinajstić information content (AvgIpc) is 2.78. The normalized spacial score (nSPS) is 12.1. The summed E-state index contributed by atoms with van der Waals surface area (Å²) in [6.07, 6.45) is 5.12. The maximum atomic E-state index is 8.86. The Kier molecular flexibility index (Phi) is 4.03. The Balaban J connectivity index is 2.13. The highest BCUT2D eigenvalue weighted by Gasteiger charge is 2.03. The lowest BCUT2D eigenvalue weighted by Gasteiger charge is -2.07. The molecule has 3 heteroatoms. The molecule has 0 aliphatic heterocycles. The maximum Gasteiger partial charge on any atom is 0.0991 e. The van der Waals surface area contributed by atoms with E-state index in [1.807, 2.05) is 32.0 Å². The number of aryl methyl sites for hydroxylation is 1. The van der Waals surface area contributed by atoms with E-state index in [0.29, 0.717) is 5.56 Å². The first kappa shape index (κ1) is 13.4. The van der Waals surface area contributed by atoms with Gasteiger partial charge in [-0.3, -0.25) is 0 Å². The molecule has 0 radical (unpaired) electrons. The molecule has 1 atom stereocenters. The summed E-state index contributed by atoms with van der Waals surface area (Å²) in [5.41, 5.74) is 10.2. The van der Waals surface area contributed by atoms with Crippen LogP contribution in [-0.4, -0.2) is 10.6 Å². The second-order valence-corrected chi connectivity index (χ2v) is 5.13. The van der Waals surface area contributed by atoms with Crippen molar-refractivity contribution in [2.75, 3.05) is 0 Å². The van der Waals surface area contributed by atoms with Gasteiger partial charge in [-0.2, -0.15) is 5.26 Å². The first-order valence-electron chi connectivity index (χ1n) is 6.48. The second-order valence-electron chi connectivity index (χ2n) is 5.13. The zero-order chi connectivity index (χ0) is 13.8. The van der Waals surface area contributed by atoms with Gasteiger partial charge in [0.25, 0.3) is 0 Å². The summed E-state index contributed by atoms with van der Waals surface area (Å²) in [5, 5.41) is 8.86. The summed E-state index contributed by atoms with van der Waals surface area (Å²) < 4.78 is 2.16. The van der Waals surface area contributed by atoms with Crippen LogP contribution in [0.4, 0.5) is 0 Å². The van der Waals surface area contributed by atoms with Crippen molar-refractivity contribution in [3.8, 4) is 6.07 Å². The Bertz CT molecular complexity index is 603. The number of hydrogen-bond donors (Lipinski definition) is 1. The van der Waals surface area contributed by atoms with Crippen molar-refractivity contribution >= 4 is 0 Å². The maximum absolute atomic E-state index is 8.86. The molecule has 0 amide bonds. The number of nitrogens with two attached hydrogens (primary N) is 1. The fraction of sp³-hybridized carbons (Fsp3) is 0.312. The molecule has 19 heavy (non-hydrogen) atoms. The Labute approximate surface area is 114 Å². The van der Waals surface area contributed by atoms with Crippen molar-refractivity contribution in [1.29, 1.82) is 5.26 Å². The van der Waals surface area contributed by atoms with Gasteiger partial charge in [-0.25, -0.2) is 0 Å². The van der Waals surface area contributed by atoms with Crippen molar-refractivity contribution in [3.63, 3.8) is 0 Å². The van der Waals surface area contributed by atoms with E-state index in [1.165, 1.54) is 11.1 Å². The molecular weight excluding hydrogens is 234 g/mol. The fourth-order valence-corrected chi connectivity index (χ4v) is 2.22. The van der Waals surface area contributed by atoms with E-state index in [4.69, 9.17) is 11.0 Å². The molecule has 1 aromatic carbocycles. The predicted molar refractivity (Wildman–Crippen MR) is 76.8 cm³/mol. The summed E-state index contributed by atoms with van der Waals surface area (Å²) in [6, 6.07) is 10.3. The van der Waals surface area contributed by atoms with Crippen molar-refractivity contribution in [3.05, 3.63) is 58.9 Å². The number of rotatable bonds is 4. The van der Waals surface area contributed by atoms with E-state index < -0.39 is 0 Å². The minimum atomic E-state index is 0.187. The van der Waals surface area contributed by atoms with E-state index in [9.17, 15) is 0 Å². The van der Waals surface area contributed by atoms with Crippen LogP contribution in [0.1, 0.15) is 29.2 Å². The Morgan fingerprint density at radius 1 is 1.37 bits per heavy atom. The average molecular weight is 253 g/mol. The number of aromatic nitrogens is 1. The Hall–Kier alpha value is -2.05. The molecule has 1 heterocycles. The van der Waals surface area contributed by atoms with Gasteiger partial charge in [0.1, 0.15) is 0 Å². The van der Waals surface area contributed by atoms with Crippen LogP contribution in [0.15, 0.2) is 36.7 Å². The molecule has 2 rings (SSSR count). The number of nitrogens with zero attached hydrogens (tertiary/aromatic N) is 2. The van der Waals surface area contributed by atoms with Crippen LogP contribution < -0.4 is 5.73 Å². The van der Waals surface area contributed by atoms with Crippen LogP contribution in [0.5, 0.6) is 0 Å². The van der Waals surface area contributed by atoms with Crippen LogP contribution >= 0.6 is 0 Å². The van der Waals surface area contributed by atoms with Gasteiger partial charge in [0.2, 0.25) is 0 Å². The molecule has 1 unspecified atom stereocenters. The van der Waals surface area contributed by atoms with E-state index >= 15 is 0 Å². The molecule has 98 valence electrons. The van der Waals surface area contributed by atoms with E-state index in [0.717, 1.165) is 18.5 Å². The molecule has 0 saturated heterocycles. The van der Waals surface area contributed by atoms with Crippen molar-refractivity contribution in [2.24, 2.45) is 5.73 Å². The number of hydrogen-bond acceptors (Lipinski definition) is 2. The quantitative estimate of drug-likeness (QED) is 0.910. The lowest BCUT2D eigenvalue weighted by Crippen LogP contribution is -2.17. The highest BCUT2D eigenvalue weighted by atomic mass is 14.9. The standard InChI is InChI=1S/C16H19N3/c1-12-7-14(9-17)3-4-16(12)11-19-6-5-15(10-19)8-13(2)18/h3-7,10,13H,8,11,18H2,1-2H3. The number of benzene rings is 1. The zero-order valence-corrected chi connectivity index (χ0v) is 11.4. The van der Waals surface area contributed by atoms with Crippen LogP contribution in [-0.2, 0) is 13.0 Å². The molecule has 1 aromatic heterocycles. The molecule has 2 N–H and O–H groups in total. The lowest BCUT2D eigenvalue weighted by atomic mass is 10.1. The highest BCUT2D eigenvalue weighted by molar-refractivity contribution is 5.37. The predicted octanol–water partition coefficient (Wildman–Crippen LogP) is 2.61. The van der Waals surface area contributed by atoms with Crippen molar-refractivity contribution in [1.82, 2.24) is 4.57 Å². The van der Waals surface area contributed by atoms with Crippen LogP contribution in [0.2, 0.25) is 0 Å². The van der Waals surface area contributed by atoms with E-state index in [-0.39, 0.29) is 6.04 Å². The minimum absolute atomic E-state index is 0.187. The summed E-state index contributed by atoms with van der Waals surface area (Å²) in [5.74, 6) is 0. The van der Waals surface area contributed by atoms with Crippen LogP contribution in [0, 0.1) is 18.3 Å². The van der Waals surface area contributed by atoms with Gasteiger partial charge in [-0.1, -0.05) is 6.07 Å². The van der Waals surface area contributed by atoms with Gasteiger partial charge in [0.15, 0.2) is 0 Å². The van der Waals surface area contributed by atoms with E-state index in [2.05, 4.69) is 29.1 Å². The van der Waals surface area contributed by atoms with Gasteiger partial charge in [-0.05, 0) is 55.2 Å². The number of nitriles is 1. The topological polar surface area (TPSA) is 54.7 Å². The van der Waals surface area contributed by atoms with Gasteiger partial charge in [-0.15, -0.1) is 0 Å². The molecule has 0 saturated carbocycles. The van der Waals surface area contributed by atoms with E-state index in [1.54, 1.807) is 0 Å². The van der Waals surface area contributed by atoms with Gasteiger partial charge < -0.3 is 10.3 Å². The molecule has 3 nitrogen and oxygen atoms in total. The molecule has 0 bridgehead atoms. The largest absolute Gasteiger partial charge is 0.350 e. The lowest BCUT2D eigenvalue weighted by molar-refractivity contribution is 0.731. The Morgan fingerprint density at radius 2 is 2.16 bits per heavy atom. The first-order valence-corrected chi connectivity index (χ1v) is 6.48. The zero-order valence-electron chi connectivity index (χ0n) is 11.4. The molecule has 2 aromatic rings. The summed E-state index contributed by atoms with van der Waals surface area (Å²) in [7, 11) is 0. The molecule has 0 aliphatic rings. The van der Waals surface area contributed by atoms with Gasteiger partial charge in [0.05, 0.1) is 11.6 Å². The third-order valence-corrected chi connectivity index (χ3v) is 3.19. The van der Waals surface area contributed by atoms with Crippen LogP contribution in [0.3, 0.4) is 0 Å². The molecule has 0 fully saturated rings. The second kappa shape index (κ2) is 5.73. The first-order chi connectivity index (χ1) is 9.08. The monoisotopic (exact) mass is 253 g/mol. The minimum Gasteiger partial charge on any atom is -0.350 e. The molecule has 0 aliphatic carbocycles. The summed E-state index contributed by atoms with van der Waals surface area (Å²) in [4.78, 5) is 0. The Morgan fingerprint density at radius 3 is 2.79 bits per heavy atom. The fourth-order valence-electron chi connectivity index (χ4n) is 2.22. The highest BCUT2D eigenvalue weighted by Crippen LogP contribution is 2.13. The summed E-state index contributed by atoms with van der Waals surface area (Å²) >= 11 is 0. The van der Waals surface area contributed by atoms with Crippen LogP contribution in [0.25, 0.3) is 0 Å². The third-order valence-electron chi connectivity index (χ3n) is 3.19. The molecule has 0 spiro atoms. The van der Waals surface area contributed by atoms with Crippen molar-refractivity contribution < 1.29 is 0 Å².